The number of hydrogen-bond acceptors (Lipinski definition) is 4. The number of rotatable bonds is 6. The average Bonchev–Trinajstić information content (AvgIpc) is 2.51. The fourth-order valence-electron chi connectivity index (χ4n) is 1.82. The molecule has 21 heavy (non-hydrogen) atoms. The maximum Gasteiger partial charge on any atom is 0.270 e. The molecule has 0 saturated carbocycles. The van der Waals surface area contributed by atoms with E-state index in [2.05, 4.69) is 27.2 Å². The molecular formula is C16H18N4O. The first kappa shape index (κ1) is 14.7. The van der Waals surface area contributed by atoms with Crippen molar-refractivity contribution in [1.29, 1.82) is 0 Å². The van der Waals surface area contributed by atoms with Gasteiger partial charge in [0.1, 0.15) is 17.3 Å². The number of nitrogens with zero attached hydrogens (tertiary/aromatic N) is 2. The number of amides is 1. The molecule has 2 rings (SSSR count). The minimum atomic E-state index is -0.233. The summed E-state index contributed by atoms with van der Waals surface area (Å²) in [5.41, 5.74) is 1.49. The fourth-order valence-corrected chi connectivity index (χ4v) is 1.82. The van der Waals surface area contributed by atoms with Crippen LogP contribution in [0.5, 0.6) is 0 Å². The van der Waals surface area contributed by atoms with Crippen LogP contribution in [0.1, 0.15) is 21.9 Å². The van der Waals surface area contributed by atoms with Gasteiger partial charge in [-0.05, 0) is 12.5 Å². The van der Waals surface area contributed by atoms with Crippen LogP contribution in [-0.4, -0.2) is 22.4 Å². The summed E-state index contributed by atoms with van der Waals surface area (Å²) in [5, 5.41) is 5.90. The van der Waals surface area contributed by atoms with E-state index in [1.165, 1.54) is 0 Å². The second-order valence-electron chi connectivity index (χ2n) is 4.52. The quantitative estimate of drug-likeness (QED) is 0.798. The molecule has 0 aliphatic carbocycles. The van der Waals surface area contributed by atoms with Crippen molar-refractivity contribution in [2.24, 2.45) is 0 Å². The van der Waals surface area contributed by atoms with Crippen molar-refractivity contribution in [1.82, 2.24) is 15.3 Å². The average molecular weight is 282 g/mol. The number of benzene rings is 1. The normalized spacial score (nSPS) is 9.95. The summed E-state index contributed by atoms with van der Waals surface area (Å²) in [5.74, 6) is 0.954. The van der Waals surface area contributed by atoms with Gasteiger partial charge >= 0.3 is 0 Å². The van der Waals surface area contributed by atoms with Crippen molar-refractivity contribution >= 4 is 11.7 Å². The number of carbonyl (C=O) groups is 1. The van der Waals surface area contributed by atoms with Crippen molar-refractivity contribution < 1.29 is 4.79 Å². The number of carbonyl (C=O) groups excluding carboxylic acids is 1. The first-order valence-electron chi connectivity index (χ1n) is 6.71. The Morgan fingerprint density at radius 1 is 1.29 bits per heavy atom. The summed E-state index contributed by atoms with van der Waals surface area (Å²) in [4.78, 5) is 20.3. The smallest absolute Gasteiger partial charge is 0.270 e. The Morgan fingerprint density at radius 3 is 2.76 bits per heavy atom. The van der Waals surface area contributed by atoms with Crippen LogP contribution in [-0.2, 0) is 6.54 Å². The molecule has 0 aliphatic heterocycles. The summed E-state index contributed by atoms with van der Waals surface area (Å²) in [6.45, 7) is 6.38. The van der Waals surface area contributed by atoms with E-state index < -0.39 is 0 Å². The molecule has 1 amide bonds. The van der Waals surface area contributed by atoms with Gasteiger partial charge in [-0.25, -0.2) is 9.97 Å². The molecule has 0 radical (unpaired) electrons. The van der Waals surface area contributed by atoms with Gasteiger partial charge in [-0.2, -0.15) is 0 Å². The number of aromatic nitrogens is 2. The summed E-state index contributed by atoms with van der Waals surface area (Å²) >= 11 is 0. The van der Waals surface area contributed by atoms with Crippen molar-refractivity contribution in [2.45, 2.75) is 13.5 Å². The van der Waals surface area contributed by atoms with Gasteiger partial charge in [-0.3, -0.25) is 4.79 Å². The number of hydrogen-bond donors (Lipinski definition) is 2. The molecule has 0 unspecified atom stereocenters. The molecule has 108 valence electrons. The molecule has 0 fully saturated rings. The largest absolute Gasteiger partial charge is 0.366 e. The first-order valence-corrected chi connectivity index (χ1v) is 6.71. The highest BCUT2D eigenvalue weighted by atomic mass is 16.1. The predicted octanol–water partition coefficient (Wildman–Crippen LogP) is 2.31. The van der Waals surface area contributed by atoms with E-state index >= 15 is 0 Å². The lowest BCUT2D eigenvalue weighted by atomic mass is 10.2. The van der Waals surface area contributed by atoms with Gasteiger partial charge in [0.05, 0.1) is 0 Å². The van der Waals surface area contributed by atoms with Gasteiger partial charge in [0.15, 0.2) is 0 Å². The highest BCUT2D eigenvalue weighted by Crippen LogP contribution is 2.09. The Kier molecular flexibility index (Phi) is 5.04. The van der Waals surface area contributed by atoms with Crippen molar-refractivity contribution in [2.75, 3.05) is 11.9 Å². The zero-order valence-electron chi connectivity index (χ0n) is 12.0. The molecule has 2 N–H and O–H groups in total. The van der Waals surface area contributed by atoms with Gasteiger partial charge in [0.2, 0.25) is 0 Å². The third-order valence-electron chi connectivity index (χ3n) is 2.79. The lowest BCUT2D eigenvalue weighted by Crippen LogP contribution is -2.24. The molecule has 0 atom stereocenters. The van der Waals surface area contributed by atoms with E-state index in [9.17, 15) is 4.79 Å². The molecular weight excluding hydrogens is 264 g/mol. The highest BCUT2D eigenvalue weighted by molar-refractivity contribution is 5.93. The highest BCUT2D eigenvalue weighted by Gasteiger charge is 2.09. The van der Waals surface area contributed by atoms with Gasteiger partial charge in [-0.15, -0.1) is 6.58 Å². The van der Waals surface area contributed by atoms with Crippen LogP contribution in [0.25, 0.3) is 0 Å². The van der Waals surface area contributed by atoms with E-state index in [4.69, 9.17) is 0 Å². The van der Waals surface area contributed by atoms with Crippen LogP contribution in [0.2, 0.25) is 0 Å². The van der Waals surface area contributed by atoms with Crippen LogP contribution in [0.3, 0.4) is 0 Å². The zero-order chi connectivity index (χ0) is 15.1. The molecule has 0 bridgehead atoms. The predicted molar refractivity (Wildman–Crippen MR) is 83.1 cm³/mol. The Labute approximate surface area is 124 Å². The SMILES string of the molecule is C=CCNC(=O)c1cc(NCc2ccccc2)nc(C)n1. The van der Waals surface area contributed by atoms with Crippen molar-refractivity contribution in [3.63, 3.8) is 0 Å². The lowest BCUT2D eigenvalue weighted by molar-refractivity contribution is 0.0952. The van der Waals surface area contributed by atoms with E-state index in [1.807, 2.05) is 30.3 Å². The van der Waals surface area contributed by atoms with Crippen LogP contribution in [0.4, 0.5) is 5.82 Å². The van der Waals surface area contributed by atoms with Gasteiger partial charge in [0.25, 0.3) is 5.91 Å². The van der Waals surface area contributed by atoms with E-state index in [0.717, 1.165) is 5.56 Å². The standard InChI is InChI=1S/C16H18N4O/c1-3-9-17-16(21)14-10-15(20-12(2)19-14)18-11-13-7-5-4-6-8-13/h3-8,10H,1,9,11H2,2H3,(H,17,21)(H,18,19,20). The second kappa shape index (κ2) is 7.19. The van der Waals surface area contributed by atoms with Crippen LogP contribution < -0.4 is 10.6 Å². The Bertz CT molecular complexity index is 625. The number of nitrogens with one attached hydrogen (secondary N) is 2. The molecule has 0 aliphatic rings. The fraction of sp³-hybridized carbons (Fsp3) is 0.188. The maximum absolute atomic E-state index is 11.9. The molecule has 1 heterocycles. The third kappa shape index (κ3) is 4.42. The lowest BCUT2D eigenvalue weighted by Gasteiger charge is -2.08. The summed E-state index contributed by atoms with van der Waals surface area (Å²) in [6, 6.07) is 11.6. The Morgan fingerprint density at radius 2 is 2.05 bits per heavy atom. The van der Waals surface area contributed by atoms with Crippen LogP contribution in [0.15, 0.2) is 49.1 Å². The molecule has 1 aromatic heterocycles. The molecule has 2 aromatic rings. The molecule has 0 spiro atoms. The maximum atomic E-state index is 11.9. The molecule has 0 saturated heterocycles. The second-order valence-corrected chi connectivity index (χ2v) is 4.52. The van der Waals surface area contributed by atoms with Crippen LogP contribution in [0, 0.1) is 6.92 Å². The number of anilines is 1. The minimum Gasteiger partial charge on any atom is -0.366 e. The number of aryl methyl sites for hydroxylation is 1. The van der Waals surface area contributed by atoms with E-state index in [1.54, 1.807) is 19.1 Å². The third-order valence-corrected chi connectivity index (χ3v) is 2.79. The monoisotopic (exact) mass is 282 g/mol. The first-order chi connectivity index (χ1) is 10.2. The Hall–Kier alpha value is -2.69. The topological polar surface area (TPSA) is 66.9 Å². The van der Waals surface area contributed by atoms with E-state index in [-0.39, 0.29) is 5.91 Å². The minimum absolute atomic E-state index is 0.233. The van der Waals surface area contributed by atoms with Gasteiger partial charge in [0, 0.05) is 19.2 Å². The summed E-state index contributed by atoms with van der Waals surface area (Å²) < 4.78 is 0. The summed E-state index contributed by atoms with van der Waals surface area (Å²) in [7, 11) is 0. The van der Waals surface area contributed by atoms with E-state index in [0.29, 0.717) is 30.4 Å². The van der Waals surface area contributed by atoms with Crippen molar-refractivity contribution in [3.8, 4) is 0 Å². The van der Waals surface area contributed by atoms with Gasteiger partial charge < -0.3 is 10.6 Å². The molecule has 5 heteroatoms. The summed E-state index contributed by atoms with van der Waals surface area (Å²) in [6.07, 6.45) is 1.63. The Balaban J connectivity index is 2.08. The van der Waals surface area contributed by atoms with Crippen molar-refractivity contribution in [3.05, 3.63) is 66.1 Å². The zero-order valence-corrected chi connectivity index (χ0v) is 12.0. The van der Waals surface area contributed by atoms with Crippen LogP contribution >= 0.6 is 0 Å². The molecule has 1 aromatic carbocycles. The molecule has 5 nitrogen and oxygen atoms in total. The van der Waals surface area contributed by atoms with Gasteiger partial charge in [-0.1, -0.05) is 36.4 Å².